The van der Waals surface area contributed by atoms with Crippen molar-refractivity contribution in [3.63, 3.8) is 0 Å². The summed E-state index contributed by atoms with van der Waals surface area (Å²) < 4.78 is 11.1. The molecule has 0 aliphatic rings. The van der Waals surface area contributed by atoms with Crippen LogP contribution in [0.25, 0.3) is 0 Å². The van der Waals surface area contributed by atoms with Crippen molar-refractivity contribution in [2.75, 3.05) is 0 Å². The molecule has 0 saturated heterocycles. The quantitative estimate of drug-likeness (QED) is 0.517. The van der Waals surface area contributed by atoms with Crippen molar-refractivity contribution in [2.24, 2.45) is 5.84 Å². The average Bonchev–Trinajstić information content (AvgIpc) is 2.82. The smallest absolute Gasteiger partial charge is 0.301 e. The molecule has 0 bridgehead atoms. The molecule has 1 heterocycles. The number of amides is 1. The van der Waals surface area contributed by atoms with E-state index < -0.39 is 5.91 Å². The zero-order chi connectivity index (χ0) is 15.6. The van der Waals surface area contributed by atoms with Crippen molar-refractivity contribution in [1.82, 2.24) is 5.43 Å². The molecule has 0 spiro atoms. The fourth-order valence-electron chi connectivity index (χ4n) is 2.05. The van der Waals surface area contributed by atoms with E-state index in [1.165, 1.54) is 0 Å². The zero-order valence-electron chi connectivity index (χ0n) is 12.1. The number of hydrogen-bond donors (Lipinski definition) is 2. The summed E-state index contributed by atoms with van der Waals surface area (Å²) in [4.78, 5) is 11.5. The number of hydrogen-bond acceptors (Lipinski definition) is 4. The molecule has 0 saturated carbocycles. The highest BCUT2D eigenvalue weighted by molar-refractivity contribution is 6.32. The molecular weight excluding hydrogens is 292 g/mol. The number of benzene rings is 1. The molecule has 5 nitrogen and oxygen atoms in total. The van der Waals surface area contributed by atoms with Crippen molar-refractivity contribution >= 4 is 17.5 Å². The fraction of sp³-hybridized carbons (Fsp3) is 0.267. The molecule has 0 fully saturated rings. The maximum absolute atomic E-state index is 11.5. The van der Waals surface area contributed by atoms with Gasteiger partial charge in [0.25, 0.3) is 0 Å². The first kappa shape index (κ1) is 15.4. The highest BCUT2D eigenvalue weighted by atomic mass is 35.5. The maximum atomic E-state index is 11.5. The topological polar surface area (TPSA) is 77.5 Å². The molecule has 6 heteroatoms. The van der Waals surface area contributed by atoms with Gasteiger partial charge in [-0.15, -0.1) is 0 Å². The zero-order valence-corrected chi connectivity index (χ0v) is 12.9. The lowest BCUT2D eigenvalue weighted by Gasteiger charge is -2.08. The average molecular weight is 309 g/mol. The lowest BCUT2D eigenvalue weighted by molar-refractivity contribution is 0.0921. The lowest BCUT2D eigenvalue weighted by Crippen LogP contribution is -2.30. The molecule has 21 heavy (non-hydrogen) atoms. The van der Waals surface area contributed by atoms with E-state index in [-0.39, 0.29) is 12.4 Å². The number of nitrogens with two attached hydrogens (primary N) is 1. The van der Waals surface area contributed by atoms with Crippen molar-refractivity contribution in [2.45, 2.75) is 27.4 Å². The van der Waals surface area contributed by atoms with Crippen LogP contribution < -0.4 is 16.0 Å². The highest BCUT2D eigenvalue weighted by Gasteiger charge is 2.15. The van der Waals surface area contributed by atoms with Gasteiger partial charge in [-0.2, -0.15) is 0 Å². The van der Waals surface area contributed by atoms with Crippen LogP contribution in [-0.2, 0) is 6.61 Å². The number of rotatable bonds is 4. The van der Waals surface area contributed by atoms with E-state index in [1.54, 1.807) is 13.0 Å². The molecule has 1 aromatic heterocycles. The van der Waals surface area contributed by atoms with Crippen LogP contribution in [0.15, 0.2) is 22.6 Å². The van der Waals surface area contributed by atoms with Crippen molar-refractivity contribution in [3.8, 4) is 5.75 Å². The van der Waals surface area contributed by atoms with Crippen molar-refractivity contribution in [3.05, 3.63) is 51.4 Å². The van der Waals surface area contributed by atoms with Crippen LogP contribution in [0.2, 0.25) is 5.02 Å². The normalized spacial score (nSPS) is 10.5. The molecule has 0 unspecified atom stereocenters. The minimum Gasteiger partial charge on any atom is -0.486 e. The third-order valence-electron chi connectivity index (χ3n) is 3.10. The van der Waals surface area contributed by atoms with Crippen molar-refractivity contribution in [1.29, 1.82) is 0 Å². The molecule has 0 aliphatic heterocycles. The summed E-state index contributed by atoms with van der Waals surface area (Å²) in [7, 11) is 0. The van der Waals surface area contributed by atoms with Gasteiger partial charge in [-0.3, -0.25) is 10.2 Å². The van der Waals surface area contributed by atoms with E-state index in [4.69, 9.17) is 26.6 Å². The van der Waals surface area contributed by atoms with Crippen LogP contribution in [0.1, 0.15) is 33.0 Å². The molecular formula is C15H17ClN2O3. The molecule has 1 aromatic carbocycles. The molecule has 112 valence electrons. The van der Waals surface area contributed by atoms with Crippen LogP contribution in [0.5, 0.6) is 5.75 Å². The van der Waals surface area contributed by atoms with Gasteiger partial charge in [0.2, 0.25) is 0 Å². The second-order valence-corrected chi connectivity index (χ2v) is 5.24. The first-order valence-electron chi connectivity index (χ1n) is 6.42. The third-order valence-corrected chi connectivity index (χ3v) is 3.69. The minimum absolute atomic E-state index is 0.194. The standard InChI is InChI=1S/C15H17ClN2O3/c1-8-4-11(5-9(2)13(8)16)20-7-12-6-10(3)14(21-12)15(19)18-17/h4-6H,7,17H2,1-3H3,(H,18,19). The van der Waals surface area contributed by atoms with Crippen LogP contribution in [-0.4, -0.2) is 5.91 Å². The summed E-state index contributed by atoms with van der Waals surface area (Å²) in [6.45, 7) is 5.83. The van der Waals surface area contributed by atoms with Gasteiger partial charge in [0, 0.05) is 10.6 Å². The van der Waals surface area contributed by atoms with E-state index in [9.17, 15) is 4.79 Å². The number of nitrogens with one attached hydrogen (secondary N) is 1. The minimum atomic E-state index is -0.461. The molecule has 0 radical (unpaired) electrons. The molecule has 2 aromatic rings. The van der Waals surface area contributed by atoms with Crippen molar-refractivity contribution < 1.29 is 13.9 Å². The molecule has 1 amide bonds. The summed E-state index contributed by atoms with van der Waals surface area (Å²) in [6.07, 6.45) is 0. The number of halogens is 1. The Kier molecular flexibility index (Phi) is 4.55. The Hall–Kier alpha value is -1.98. The maximum Gasteiger partial charge on any atom is 0.301 e. The number of hydrazine groups is 1. The van der Waals surface area contributed by atoms with Crippen LogP contribution in [0.3, 0.4) is 0 Å². The largest absolute Gasteiger partial charge is 0.486 e. The van der Waals surface area contributed by atoms with Crippen LogP contribution in [0, 0.1) is 20.8 Å². The van der Waals surface area contributed by atoms with Gasteiger partial charge in [0.15, 0.2) is 5.76 Å². The summed E-state index contributed by atoms with van der Waals surface area (Å²) in [5, 5.41) is 0.734. The Balaban J connectivity index is 2.12. The fourth-order valence-corrected chi connectivity index (χ4v) is 2.16. The summed E-state index contributed by atoms with van der Waals surface area (Å²) in [6, 6.07) is 5.47. The van der Waals surface area contributed by atoms with Gasteiger partial charge in [-0.05, 0) is 50.1 Å². The summed E-state index contributed by atoms with van der Waals surface area (Å²) >= 11 is 6.11. The first-order chi connectivity index (χ1) is 9.92. The summed E-state index contributed by atoms with van der Waals surface area (Å²) in [5.41, 5.74) is 4.65. The second kappa shape index (κ2) is 6.20. The Morgan fingerprint density at radius 1 is 1.24 bits per heavy atom. The SMILES string of the molecule is Cc1cc(COc2cc(C)c(Cl)c(C)c2)oc1C(=O)NN. The molecule has 3 N–H and O–H groups in total. The Labute approximate surface area is 128 Å². The van der Waals surface area contributed by atoms with Gasteiger partial charge < -0.3 is 9.15 Å². The molecule has 2 rings (SSSR count). The predicted molar refractivity (Wildman–Crippen MR) is 80.4 cm³/mol. The van der Waals surface area contributed by atoms with Gasteiger partial charge >= 0.3 is 5.91 Å². The number of furan rings is 1. The van der Waals surface area contributed by atoms with E-state index >= 15 is 0 Å². The van der Waals surface area contributed by atoms with Gasteiger partial charge in [0.05, 0.1) is 0 Å². The van der Waals surface area contributed by atoms with Gasteiger partial charge in [0.1, 0.15) is 18.1 Å². The van der Waals surface area contributed by atoms with Gasteiger partial charge in [-0.1, -0.05) is 11.6 Å². The molecule has 0 atom stereocenters. The Morgan fingerprint density at radius 2 is 1.86 bits per heavy atom. The number of aryl methyl sites for hydroxylation is 3. The number of carbonyl (C=O) groups is 1. The monoisotopic (exact) mass is 308 g/mol. The number of carbonyl (C=O) groups excluding carboxylic acids is 1. The predicted octanol–water partition coefficient (Wildman–Crippen LogP) is 3.04. The highest BCUT2D eigenvalue weighted by Crippen LogP contribution is 2.26. The van der Waals surface area contributed by atoms with E-state index in [0.29, 0.717) is 17.1 Å². The summed E-state index contributed by atoms with van der Waals surface area (Å²) in [5.74, 6) is 6.08. The number of nitrogen functional groups attached to an aromatic ring is 1. The Morgan fingerprint density at radius 3 is 2.43 bits per heavy atom. The molecule has 0 aliphatic carbocycles. The van der Waals surface area contributed by atoms with E-state index in [0.717, 1.165) is 16.1 Å². The lowest BCUT2D eigenvalue weighted by atomic mass is 10.1. The third kappa shape index (κ3) is 3.37. The second-order valence-electron chi connectivity index (χ2n) is 4.86. The number of ether oxygens (including phenoxy) is 1. The van der Waals surface area contributed by atoms with Crippen LogP contribution >= 0.6 is 11.6 Å². The Bertz CT molecular complexity index is 657. The van der Waals surface area contributed by atoms with Crippen LogP contribution in [0.4, 0.5) is 0 Å². The first-order valence-corrected chi connectivity index (χ1v) is 6.80. The van der Waals surface area contributed by atoms with Gasteiger partial charge in [-0.25, -0.2) is 5.84 Å². The van der Waals surface area contributed by atoms with E-state index in [1.807, 2.05) is 31.4 Å². The van der Waals surface area contributed by atoms with E-state index in [2.05, 4.69) is 0 Å².